The number of hydrogen-bond acceptors (Lipinski definition) is 6. The normalized spacial score (nSPS) is 10.5. The lowest BCUT2D eigenvalue weighted by Crippen LogP contribution is -2.33. The molecule has 0 aliphatic rings. The van der Waals surface area contributed by atoms with Crippen LogP contribution in [0.5, 0.6) is 0 Å². The Hall–Kier alpha value is -2.24. The molecule has 0 unspecified atom stereocenters. The first-order valence-electron chi connectivity index (χ1n) is 6.74. The summed E-state index contributed by atoms with van der Waals surface area (Å²) in [6.07, 6.45) is 0.885. The van der Waals surface area contributed by atoms with Crippen LogP contribution in [0.2, 0.25) is 0 Å². The highest BCUT2D eigenvalue weighted by atomic mass is 16.5. The lowest BCUT2D eigenvalue weighted by Gasteiger charge is -2.20. The van der Waals surface area contributed by atoms with Gasteiger partial charge in [-0.3, -0.25) is 4.79 Å². The van der Waals surface area contributed by atoms with E-state index in [4.69, 9.17) is 4.74 Å². The molecule has 6 nitrogen and oxygen atoms in total. The van der Waals surface area contributed by atoms with Gasteiger partial charge in [0.05, 0.1) is 12.1 Å². The van der Waals surface area contributed by atoms with Crippen molar-refractivity contribution >= 4 is 23.0 Å². The number of nitrogens with zero attached hydrogens (tertiary/aromatic N) is 4. The Bertz CT molecular complexity index is 588. The Kier molecular flexibility index (Phi) is 4.81. The summed E-state index contributed by atoms with van der Waals surface area (Å²) in [4.78, 5) is 17.9. The molecular formula is C14H18N4O2. The fraction of sp³-hybridized carbons (Fsp3) is 0.429. The summed E-state index contributed by atoms with van der Waals surface area (Å²) < 4.78 is 4.97. The van der Waals surface area contributed by atoms with E-state index in [0.717, 1.165) is 17.5 Å². The third-order valence-electron chi connectivity index (χ3n) is 2.75. The second kappa shape index (κ2) is 6.79. The Balaban J connectivity index is 2.23. The number of aromatic nitrogens is 3. The van der Waals surface area contributed by atoms with E-state index in [1.54, 1.807) is 11.8 Å². The molecule has 106 valence electrons. The summed E-state index contributed by atoms with van der Waals surface area (Å²) in [5, 5.41) is 8.23. The van der Waals surface area contributed by atoms with Crippen LogP contribution in [-0.4, -0.2) is 40.8 Å². The van der Waals surface area contributed by atoms with E-state index in [1.165, 1.54) is 0 Å². The molecule has 1 aromatic carbocycles. The first kappa shape index (κ1) is 14.2. The summed E-state index contributed by atoms with van der Waals surface area (Å²) in [5.74, 6) is 0.177. The average molecular weight is 274 g/mol. The quantitative estimate of drug-likeness (QED) is 0.748. The monoisotopic (exact) mass is 274 g/mol. The molecule has 2 rings (SSSR count). The average Bonchev–Trinajstić information content (AvgIpc) is 2.46. The molecule has 20 heavy (non-hydrogen) atoms. The number of fused-ring (bicyclic) bond motifs is 1. The number of carbonyl (C=O) groups excluding carboxylic acids is 1. The minimum absolute atomic E-state index is 0.141. The molecular weight excluding hydrogens is 256 g/mol. The lowest BCUT2D eigenvalue weighted by molar-refractivity contribution is -0.141. The predicted octanol–water partition coefficient (Wildman–Crippen LogP) is 1.80. The largest absolute Gasteiger partial charge is 0.465 e. The Morgan fingerprint density at radius 2 is 1.95 bits per heavy atom. The molecule has 1 heterocycles. The van der Waals surface area contributed by atoms with Crippen molar-refractivity contribution in [2.45, 2.75) is 20.3 Å². The van der Waals surface area contributed by atoms with Gasteiger partial charge in [-0.2, -0.15) is 0 Å². The molecule has 0 aliphatic carbocycles. The SMILES string of the molecule is CCCN(CC(=O)OCC)c1nnc2ccccc2n1. The van der Waals surface area contributed by atoms with E-state index in [2.05, 4.69) is 15.2 Å². The first-order chi connectivity index (χ1) is 9.74. The van der Waals surface area contributed by atoms with E-state index in [1.807, 2.05) is 31.2 Å². The second-order valence-electron chi connectivity index (χ2n) is 4.33. The maximum Gasteiger partial charge on any atom is 0.325 e. The van der Waals surface area contributed by atoms with Crippen LogP contribution >= 0.6 is 0 Å². The highest BCUT2D eigenvalue weighted by Crippen LogP contribution is 2.12. The zero-order chi connectivity index (χ0) is 14.4. The number of esters is 1. The third kappa shape index (κ3) is 3.40. The van der Waals surface area contributed by atoms with Gasteiger partial charge in [-0.15, -0.1) is 10.2 Å². The van der Waals surface area contributed by atoms with Crippen molar-refractivity contribution in [3.8, 4) is 0 Å². The molecule has 2 aromatic rings. The zero-order valence-electron chi connectivity index (χ0n) is 11.7. The van der Waals surface area contributed by atoms with Crippen LogP contribution in [0, 0.1) is 0 Å². The van der Waals surface area contributed by atoms with Gasteiger partial charge in [0.15, 0.2) is 0 Å². The van der Waals surface area contributed by atoms with Crippen LogP contribution in [-0.2, 0) is 9.53 Å². The molecule has 0 N–H and O–H groups in total. The van der Waals surface area contributed by atoms with Crippen molar-refractivity contribution in [2.75, 3.05) is 24.6 Å². The molecule has 0 fully saturated rings. The van der Waals surface area contributed by atoms with Gasteiger partial charge in [-0.05, 0) is 25.5 Å². The molecule has 0 radical (unpaired) electrons. The number of hydrogen-bond donors (Lipinski definition) is 0. The van der Waals surface area contributed by atoms with Crippen molar-refractivity contribution in [2.24, 2.45) is 0 Å². The molecule has 0 atom stereocenters. The molecule has 0 amide bonds. The van der Waals surface area contributed by atoms with Crippen molar-refractivity contribution in [3.05, 3.63) is 24.3 Å². The Morgan fingerprint density at radius 1 is 1.20 bits per heavy atom. The van der Waals surface area contributed by atoms with Gasteiger partial charge >= 0.3 is 5.97 Å². The van der Waals surface area contributed by atoms with Crippen molar-refractivity contribution < 1.29 is 9.53 Å². The Morgan fingerprint density at radius 3 is 2.65 bits per heavy atom. The first-order valence-corrected chi connectivity index (χ1v) is 6.74. The van der Waals surface area contributed by atoms with E-state index < -0.39 is 0 Å². The van der Waals surface area contributed by atoms with E-state index >= 15 is 0 Å². The summed E-state index contributed by atoms with van der Waals surface area (Å²) >= 11 is 0. The van der Waals surface area contributed by atoms with Crippen LogP contribution in [0.1, 0.15) is 20.3 Å². The molecule has 0 bridgehead atoms. The number of anilines is 1. The van der Waals surface area contributed by atoms with Gasteiger partial charge in [0.2, 0.25) is 5.95 Å². The van der Waals surface area contributed by atoms with Crippen LogP contribution in [0.3, 0.4) is 0 Å². The second-order valence-corrected chi connectivity index (χ2v) is 4.33. The van der Waals surface area contributed by atoms with Gasteiger partial charge in [0.25, 0.3) is 0 Å². The standard InChI is InChI=1S/C14H18N4O2/c1-3-9-18(10-13(19)20-4-2)14-15-11-7-5-6-8-12(11)16-17-14/h5-8H,3-4,9-10H2,1-2H3. The highest BCUT2D eigenvalue weighted by molar-refractivity contribution is 5.77. The molecule has 0 saturated heterocycles. The topological polar surface area (TPSA) is 68.2 Å². The number of benzene rings is 1. The van der Waals surface area contributed by atoms with Crippen LogP contribution < -0.4 is 4.90 Å². The maximum absolute atomic E-state index is 11.6. The number of para-hydroxylation sites is 1. The van der Waals surface area contributed by atoms with Crippen molar-refractivity contribution in [1.29, 1.82) is 0 Å². The fourth-order valence-electron chi connectivity index (χ4n) is 1.89. The van der Waals surface area contributed by atoms with Gasteiger partial charge < -0.3 is 9.64 Å². The van der Waals surface area contributed by atoms with Crippen LogP contribution in [0.25, 0.3) is 11.0 Å². The fourth-order valence-corrected chi connectivity index (χ4v) is 1.89. The molecule has 0 saturated carbocycles. The summed E-state index contributed by atoms with van der Waals surface area (Å²) in [6, 6.07) is 7.52. The molecule has 0 spiro atoms. The summed E-state index contributed by atoms with van der Waals surface area (Å²) in [5.41, 5.74) is 1.51. The summed E-state index contributed by atoms with van der Waals surface area (Å²) in [6.45, 7) is 5.01. The Labute approximate surface area is 117 Å². The summed E-state index contributed by atoms with van der Waals surface area (Å²) in [7, 11) is 0. The van der Waals surface area contributed by atoms with Gasteiger partial charge in [0, 0.05) is 6.54 Å². The van der Waals surface area contributed by atoms with E-state index in [-0.39, 0.29) is 12.5 Å². The van der Waals surface area contributed by atoms with Gasteiger partial charge in [-0.25, -0.2) is 4.98 Å². The predicted molar refractivity (Wildman–Crippen MR) is 76.5 cm³/mol. The van der Waals surface area contributed by atoms with Crippen molar-refractivity contribution in [3.63, 3.8) is 0 Å². The number of carbonyl (C=O) groups is 1. The lowest BCUT2D eigenvalue weighted by atomic mass is 10.3. The van der Waals surface area contributed by atoms with Gasteiger partial charge in [0.1, 0.15) is 12.1 Å². The molecule has 1 aromatic heterocycles. The number of rotatable bonds is 6. The van der Waals surface area contributed by atoms with Crippen LogP contribution in [0.4, 0.5) is 5.95 Å². The smallest absolute Gasteiger partial charge is 0.325 e. The molecule has 0 aliphatic heterocycles. The van der Waals surface area contributed by atoms with Crippen LogP contribution in [0.15, 0.2) is 24.3 Å². The third-order valence-corrected chi connectivity index (χ3v) is 2.75. The zero-order valence-corrected chi connectivity index (χ0v) is 11.7. The minimum Gasteiger partial charge on any atom is -0.465 e. The maximum atomic E-state index is 11.6. The minimum atomic E-state index is -0.280. The molecule has 6 heteroatoms. The highest BCUT2D eigenvalue weighted by Gasteiger charge is 2.15. The number of ether oxygens (including phenoxy) is 1. The van der Waals surface area contributed by atoms with Gasteiger partial charge in [-0.1, -0.05) is 19.1 Å². The van der Waals surface area contributed by atoms with Crippen molar-refractivity contribution in [1.82, 2.24) is 15.2 Å². The van der Waals surface area contributed by atoms with E-state index in [0.29, 0.717) is 19.1 Å². The van der Waals surface area contributed by atoms with E-state index in [9.17, 15) is 4.79 Å².